The summed E-state index contributed by atoms with van der Waals surface area (Å²) in [5, 5.41) is 0. The van der Waals surface area contributed by atoms with E-state index in [4.69, 9.17) is 0 Å². The van der Waals surface area contributed by atoms with Crippen molar-refractivity contribution in [3.8, 4) is 0 Å². The van der Waals surface area contributed by atoms with E-state index in [9.17, 15) is 4.79 Å². The summed E-state index contributed by atoms with van der Waals surface area (Å²) in [6, 6.07) is 0. The number of pyridine rings is 1. The molecule has 70 valence electrons. The molecule has 2 nitrogen and oxygen atoms in total. The minimum atomic E-state index is 0.271. The first-order valence-corrected chi connectivity index (χ1v) is 4.88. The Morgan fingerprint density at radius 1 is 1.31 bits per heavy atom. The lowest BCUT2D eigenvalue weighted by Crippen LogP contribution is -2.23. The fourth-order valence-electron chi connectivity index (χ4n) is 2.19. The molecule has 0 aromatic carbocycles. The Kier molecular flexibility index (Phi) is 1.98. The number of hydrogen-bond donors (Lipinski definition) is 0. The second kappa shape index (κ2) is 3.02. The predicted molar refractivity (Wildman–Crippen MR) is 53.1 cm³/mol. The van der Waals surface area contributed by atoms with Crippen molar-refractivity contribution >= 4 is 0 Å². The first-order valence-electron chi connectivity index (χ1n) is 4.88. The number of hydrogen-bond acceptors (Lipinski definition) is 1. The summed E-state index contributed by atoms with van der Waals surface area (Å²) in [5.41, 5.74) is 3.46. The highest BCUT2D eigenvalue weighted by atomic mass is 16.1. The van der Waals surface area contributed by atoms with Gasteiger partial charge in [0.05, 0.1) is 0 Å². The van der Waals surface area contributed by atoms with Gasteiger partial charge < -0.3 is 4.57 Å². The van der Waals surface area contributed by atoms with Crippen LogP contribution >= 0.6 is 0 Å². The highest BCUT2D eigenvalue weighted by molar-refractivity contribution is 5.28. The van der Waals surface area contributed by atoms with Crippen molar-refractivity contribution in [3.63, 3.8) is 0 Å². The smallest absolute Gasteiger partial charge is 0.187 e. The van der Waals surface area contributed by atoms with Gasteiger partial charge in [0, 0.05) is 30.1 Å². The summed E-state index contributed by atoms with van der Waals surface area (Å²) in [4.78, 5) is 11.8. The second-order valence-corrected chi connectivity index (χ2v) is 3.88. The quantitative estimate of drug-likeness (QED) is 0.589. The lowest BCUT2D eigenvalue weighted by molar-refractivity contribution is 0.625. The molecule has 0 fully saturated rings. The van der Waals surface area contributed by atoms with Crippen molar-refractivity contribution < 1.29 is 0 Å². The van der Waals surface area contributed by atoms with E-state index in [1.54, 1.807) is 0 Å². The van der Waals surface area contributed by atoms with E-state index in [0.29, 0.717) is 0 Å². The van der Waals surface area contributed by atoms with Gasteiger partial charge in [0.25, 0.3) is 0 Å². The maximum Gasteiger partial charge on any atom is 0.187 e. The monoisotopic (exact) mass is 177 g/mol. The minimum Gasteiger partial charge on any atom is -0.354 e. The minimum absolute atomic E-state index is 0.271. The first kappa shape index (κ1) is 8.54. The molecule has 13 heavy (non-hydrogen) atoms. The Hall–Kier alpha value is -1.05. The number of aromatic nitrogens is 1. The molecule has 0 radical (unpaired) electrons. The van der Waals surface area contributed by atoms with Gasteiger partial charge in [0.15, 0.2) is 5.43 Å². The van der Waals surface area contributed by atoms with E-state index >= 15 is 0 Å². The molecule has 1 aliphatic carbocycles. The van der Waals surface area contributed by atoms with Crippen molar-refractivity contribution in [1.82, 2.24) is 4.57 Å². The molecule has 0 saturated heterocycles. The van der Waals surface area contributed by atoms with Crippen LogP contribution in [-0.2, 0) is 19.9 Å². The van der Waals surface area contributed by atoms with Gasteiger partial charge >= 0.3 is 0 Å². The van der Waals surface area contributed by atoms with Crippen molar-refractivity contribution in [3.05, 3.63) is 33.2 Å². The van der Waals surface area contributed by atoms with E-state index < -0.39 is 0 Å². The van der Waals surface area contributed by atoms with Gasteiger partial charge in [-0.1, -0.05) is 0 Å². The first-order chi connectivity index (χ1) is 6.20. The van der Waals surface area contributed by atoms with Crippen molar-refractivity contribution in [2.24, 2.45) is 7.05 Å². The molecular formula is C11H15NO. The normalized spacial score (nSPS) is 15.5. The zero-order valence-electron chi connectivity index (χ0n) is 8.26. The summed E-state index contributed by atoms with van der Waals surface area (Å²) >= 11 is 0. The van der Waals surface area contributed by atoms with E-state index in [1.807, 2.05) is 20.2 Å². The van der Waals surface area contributed by atoms with Crippen LogP contribution in [0.5, 0.6) is 0 Å². The zero-order chi connectivity index (χ0) is 9.42. The summed E-state index contributed by atoms with van der Waals surface area (Å²) in [6.07, 6.45) is 6.40. The van der Waals surface area contributed by atoms with Crippen LogP contribution in [0.25, 0.3) is 0 Å². The molecule has 0 unspecified atom stereocenters. The highest BCUT2D eigenvalue weighted by Gasteiger charge is 2.15. The van der Waals surface area contributed by atoms with Crippen LogP contribution in [0.1, 0.15) is 29.7 Å². The highest BCUT2D eigenvalue weighted by Crippen LogP contribution is 2.17. The van der Waals surface area contributed by atoms with Crippen LogP contribution in [0.4, 0.5) is 0 Å². The Morgan fingerprint density at radius 2 is 2.00 bits per heavy atom. The maximum absolute atomic E-state index is 11.8. The molecule has 0 aliphatic heterocycles. The molecule has 0 atom stereocenters. The van der Waals surface area contributed by atoms with Gasteiger partial charge in [-0.15, -0.1) is 0 Å². The molecule has 1 heterocycles. The molecule has 2 heteroatoms. The van der Waals surface area contributed by atoms with Gasteiger partial charge in [-0.05, 0) is 32.6 Å². The molecule has 2 rings (SSSR count). The average Bonchev–Trinajstić information content (AvgIpc) is 2.15. The average molecular weight is 177 g/mol. The second-order valence-electron chi connectivity index (χ2n) is 3.88. The SMILES string of the molecule is Cc1cn(C)c2c(c1=O)CCCC2. The van der Waals surface area contributed by atoms with Crippen LogP contribution in [-0.4, -0.2) is 4.57 Å². The van der Waals surface area contributed by atoms with Crippen molar-refractivity contribution in [2.75, 3.05) is 0 Å². The van der Waals surface area contributed by atoms with Crippen molar-refractivity contribution in [1.29, 1.82) is 0 Å². The Bertz CT molecular complexity index is 390. The molecule has 0 spiro atoms. The third kappa shape index (κ3) is 1.30. The Labute approximate surface area is 78.2 Å². The summed E-state index contributed by atoms with van der Waals surface area (Å²) in [7, 11) is 2.04. The molecule has 1 aromatic heterocycles. The lowest BCUT2D eigenvalue weighted by atomic mass is 9.94. The Morgan fingerprint density at radius 3 is 2.77 bits per heavy atom. The molecule has 1 aromatic rings. The van der Waals surface area contributed by atoms with E-state index in [1.165, 1.54) is 18.5 Å². The van der Waals surface area contributed by atoms with Crippen molar-refractivity contribution in [2.45, 2.75) is 32.6 Å². The molecule has 0 N–H and O–H groups in total. The molecule has 1 aliphatic rings. The molecule has 0 saturated carbocycles. The number of rotatable bonds is 0. The third-order valence-electron chi connectivity index (χ3n) is 2.88. The van der Waals surface area contributed by atoms with Crippen LogP contribution in [0, 0.1) is 6.92 Å². The van der Waals surface area contributed by atoms with Crippen LogP contribution in [0.2, 0.25) is 0 Å². The van der Waals surface area contributed by atoms with Gasteiger partial charge in [0.2, 0.25) is 0 Å². The van der Waals surface area contributed by atoms with Gasteiger partial charge in [0.1, 0.15) is 0 Å². The zero-order valence-corrected chi connectivity index (χ0v) is 8.26. The fourth-order valence-corrected chi connectivity index (χ4v) is 2.19. The van der Waals surface area contributed by atoms with E-state index in [0.717, 1.165) is 24.0 Å². The standard InChI is InChI=1S/C11H15NO/c1-8-7-12(2)10-6-4-3-5-9(10)11(8)13/h7H,3-6H2,1-2H3. The van der Waals surface area contributed by atoms with Crippen LogP contribution < -0.4 is 5.43 Å². The number of nitrogens with zero attached hydrogens (tertiary/aromatic N) is 1. The Balaban J connectivity index is 2.70. The van der Waals surface area contributed by atoms with E-state index in [-0.39, 0.29) is 5.43 Å². The molecule has 0 bridgehead atoms. The lowest BCUT2D eigenvalue weighted by Gasteiger charge is -2.19. The third-order valence-corrected chi connectivity index (χ3v) is 2.88. The molecular weight excluding hydrogens is 162 g/mol. The number of aryl methyl sites for hydroxylation is 2. The molecule has 0 amide bonds. The maximum atomic E-state index is 11.8. The predicted octanol–water partition coefficient (Wildman–Crippen LogP) is 1.57. The topological polar surface area (TPSA) is 22.0 Å². The van der Waals surface area contributed by atoms with Crippen LogP contribution in [0.3, 0.4) is 0 Å². The van der Waals surface area contributed by atoms with Gasteiger partial charge in [-0.2, -0.15) is 0 Å². The number of fused-ring (bicyclic) bond motifs is 1. The summed E-state index contributed by atoms with van der Waals surface area (Å²) in [6.45, 7) is 1.90. The summed E-state index contributed by atoms with van der Waals surface area (Å²) in [5.74, 6) is 0. The van der Waals surface area contributed by atoms with E-state index in [2.05, 4.69) is 4.57 Å². The largest absolute Gasteiger partial charge is 0.354 e. The fraction of sp³-hybridized carbons (Fsp3) is 0.545. The summed E-state index contributed by atoms with van der Waals surface area (Å²) < 4.78 is 2.12. The van der Waals surface area contributed by atoms with Crippen LogP contribution in [0.15, 0.2) is 11.0 Å². The van der Waals surface area contributed by atoms with Gasteiger partial charge in [-0.3, -0.25) is 4.79 Å². The van der Waals surface area contributed by atoms with Gasteiger partial charge in [-0.25, -0.2) is 0 Å².